The van der Waals surface area contributed by atoms with Crippen LogP contribution in [0.5, 0.6) is 5.75 Å². The largest absolute Gasteiger partial charge is 0.434 e. The zero-order chi connectivity index (χ0) is 15.8. The van der Waals surface area contributed by atoms with Crippen LogP contribution >= 0.6 is 0 Å². The molecule has 0 saturated carbocycles. The zero-order valence-corrected chi connectivity index (χ0v) is 12.0. The summed E-state index contributed by atoms with van der Waals surface area (Å²) in [6, 6.07) is 6.28. The molecule has 0 radical (unpaired) electrons. The van der Waals surface area contributed by atoms with Crippen LogP contribution in [-0.4, -0.2) is 30.8 Å². The van der Waals surface area contributed by atoms with Crippen molar-refractivity contribution < 1.29 is 23.4 Å². The lowest BCUT2D eigenvalue weighted by atomic mass is 10.1. The van der Waals surface area contributed by atoms with Gasteiger partial charge in [-0.2, -0.15) is 8.78 Å². The lowest BCUT2D eigenvalue weighted by molar-refractivity contribution is -0.116. The van der Waals surface area contributed by atoms with Gasteiger partial charge in [-0.1, -0.05) is 25.1 Å². The van der Waals surface area contributed by atoms with E-state index in [9.17, 15) is 13.6 Å². The molecular weight excluding hydrogens is 280 g/mol. The third-order valence-corrected chi connectivity index (χ3v) is 2.81. The van der Waals surface area contributed by atoms with Gasteiger partial charge in [-0.05, 0) is 24.5 Å². The van der Waals surface area contributed by atoms with E-state index >= 15 is 0 Å². The fraction of sp³-hybridized carbons (Fsp3) is 0.400. The van der Waals surface area contributed by atoms with Gasteiger partial charge in [-0.3, -0.25) is 4.79 Å². The van der Waals surface area contributed by atoms with E-state index in [0.29, 0.717) is 17.7 Å². The number of rotatable bonds is 7. The number of hydrogen-bond acceptors (Lipinski definition) is 3. The summed E-state index contributed by atoms with van der Waals surface area (Å²) in [5.74, 6) is -0.366. The summed E-state index contributed by atoms with van der Waals surface area (Å²) in [6.45, 7) is 0.839. The molecule has 21 heavy (non-hydrogen) atoms. The van der Waals surface area contributed by atoms with Crippen LogP contribution in [0, 0.1) is 5.92 Å². The van der Waals surface area contributed by atoms with Crippen LogP contribution in [-0.2, 0) is 4.79 Å². The topological polar surface area (TPSA) is 58.6 Å². The van der Waals surface area contributed by atoms with Gasteiger partial charge in [0.1, 0.15) is 5.75 Å². The molecule has 0 saturated heterocycles. The number of benzene rings is 1. The molecule has 1 rings (SSSR count). The molecule has 1 aromatic carbocycles. The molecule has 0 aliphatic carbocycles. The molecule has 0 aromatic heterocycles. The predicted octanol–water partition coefficient (Wildman–Crippen LogP) is 2.44. The molecule has 116 valence electrons. The second-order valence-electron chi connectivity index (χ2n) is 4.73. The van der Waals surface area contributed by atoms with Crippen LogP contribution < -0.4 is 10.1 Å². The number of carbonyl (C=O) groups excluding carboxylic acids is 1. The Morgan fingerprint density at radius 3 is 2.71 bits per heavy atom. The minimum atomic E-state index is -2.92. The number of halogens is 2. The Morgan fingerprint density at radius 1 is 1.43 bits per heavy atom. The number of aliphatic hydroxyl groups excluding tert-OH is 1. The molecule has 4 nitrogen and oxygen atoms in total. The summed E-state index contributed by atoms with van der Waals surface area (Å²) in [5, 5.41) is 11.5. The minimum Gasteiger partial charge on any atom is -0.434 e. The molecule has 0 fully saturated rings. The first kappa shape index (κ1) is 17.1. The van der Waals surface area contributed by atoms with Gasteiger partial charge in [0.2, 0.25) is 5.91 Å². The van der Waals surface area contributed by atoms with Crippen molar-refractivity contribution in [1.29, 1.82) is 0 Å². The Hall–Kier alpha value is -1.95. The van der Waals surface area contributed by atoms with E-state index in [1.165, 1.54) is 12.1 Å². The van der Waals surface area contributed by atoms with Gasteiger partial charge in [0.15, 0.2) is 0 Å². The molecule has 0 bridgehead atoms. The van der Waals surface area contributed by atoms with E-state index in [0.717, 1.165) is 0 Å². The van der Waals surface area contributed by atoms with Crippen molar-refractivity contribution in [2.45, 2.75) is 20.5 Å². The van der Waals surface area contributed by atoms with Crippen LogP contribution in [0.15, 0.2) is 30.3 Å². The third kappa shape index (κ3) is 5.91. The van der Waals surface area contributed by atoms with Crippen molar-refractivity contribution in [3.8, 4) is 5.75 Å². The van der Waals surface area contributed by atoms with Gasteiger partial charge in [0.05, 0.1) is 0 Å². The molecule has 1 aromatic rings. The van der Waals surface area contributed by atoms with Gasteiger partial charge in [-0.15, -0.1) is 0 Å². The Kier molecular flexibility index (Phi) is 6.81. The third-order valence-electron chi connectivity index (χ3n) is 2.81. The lowest BCUT2D eigenvalue weighted by Gasteiger charge is -2.11. The molecule has 0 heterocycles. The first-order valence-corrected chi connectivity index (χ1v) is 6.55. The SMILES string of the molecule is C/C(=C/C(=O)NCC(C)CO)c1ccccc1OC(F)F. The van der Waals surface area contributed by atoms with Crippen LogP contribution in [0.1, 0.15) is 19.4 Å². The summed E-state index contributed by atoms with van der Waals surface area (Å²) in [6.07, 6.45) is 1.32. The van der Waals surface area contributed by atoms with Crippen LogP contribution in [0.3, 0.4) is 0 Å². The van der Waals surface area contributed by atoms with Crippen molar-refractivity contribution in [3.63, 3.8) is 0 Å². The second kappa shape index (κ2) is 8.36. The Bertz CT molecular complexity index is 503. The Labute approximate surface area is 122 Å². The molecule has 0 aliphatic heterocycles. The van der Waals surface area contributed by atoms with Crippen molar-refractivity contribution in [2.75, 3.05) is 13.2 Å². The second-order valence-corrected chi connectivity index (χ2v) is 4.73. The Morgan fingerprint density at radius 2 is 2.10 bits per heavy atom. The molecule has 1 atom stereocenters. The summed E-state index contributed by atoms with van der Waals surface area (Å²) in [5.41, 5.74) is 0.948. The van der Waals surface area contributed by atoms with Crippen LogP contribution in [0.4, 0.5) is 8.78 Å². The average molecular weight is 299 g/mol. The maximum absolute atomic E-state index is 12.3. The van der Waals surface area contributed by atoms with Crippen LogP contribution in [0.2, 0.25) is 0 Å². The highest BCUT2D eigenvalue weighted by atomic mass is 19.3. The van der Waals surface area contributed by atoms with Gasteiger partial charge in [0, 0.05) is 24.8 Å². The van der Waals surface area contributed by atoms with Gasteiger partial charge in [0.25, 0.3) is 0 Å². The minimum absolute atomic E-state index is 0.0198. The molecule has 1 amide bonds. The number of allylic oxidation sites excluding steroid dienone is 1. The maximum Gasteiger partial charge on any atom is 0.387 e. The van der Waals surface area contributed by atoms with Crippen molar-refractivity contribution >= 4 is 11.5 Å². The number of alkyl halides is 2. The highest BCUT2D eigenvalue weighted by molar-refractivity contribution is 5.95. The zero-order valence-electron chi connectivity index (χ0n) is 12.0. The number of carbonyl (C=O) groups is 1. The summed E-state index contributed by atoms with van der Waals surface area (Å²) in [4.78, 5) is 11.7. The first-order valence-electron chi connectivity index (χ1n) is 6.55. The molecular formula is C15H19F2NO3. The standard InChI is InChI=1S/C15H19F2NO3/c1-10(9-19)8-18-14(20)7-11(2)12-5-3-4-6-13(12)21-15(16)17/h3-7,10,15,19H,8-9H2,1-2H3,(H,18,20)/b11-7-. The molecule has 0 aliphatic rings. The van der Waals surface area contributed by atoms with E-state index in [4.69, 9.17) is 5.11 Å². The lowest BCUT2D eigenvalue weighted by Crippen LogP contribution is -2.28. The molecule has 1 unspecified atom stereocenters. The smallest absolute Gasteiger partial charge is 0.387 e. The predicted molar refractivity (Wildman–Crippen MR) is 76.0 cm³/mol. The Balaban J connectivity index is 2.80. The molecule has 2 N–H and O–H groups in total. The van der Waals surface area contributed by atoms with E-state index < -0.39 is 6.61 Å². The highest BCUT2D eigenvalue weighted by Crippen LogP contribution is 2.26. The van der Waals surface area contributed by atoms with Gasteiger partial charge < -0.3 is 15.2 Å². The summed E-state index contributed by atoms with van der Waals surface area (Å²) < 4.78 is 29.1. The number of ether oxygens (including phenoxy) is 1. The van der Waals surface area contributed by atoms with Crippen molar-refractivity contribution in [2.24, 2.45) is 5.92 Å². The van der Waals surface area contributed by atoms with Crippen molar-refractivity contribution in [1.82, 2.24) is 5.32 Å². The van der Waals surface area contributed by atoms with Crippen LogP contribution in [0.25, 0.3) is 5.57 Å². The average Bonchev–Trinajstić information content (AvgIpc) is 2.44. The summed E-state index contributed by atoms with van der Waals surface area (Å²) >= 11 is 0. The van der Waals surface area contributed by atoms with E-state index in [1.807, 2.05) is 0 Å². The monoisotopic (exact) mass is 299 g/mol. The van der Waals surface area contributed by atoms with Crippen molar-refractivity contribution in [3.05, 3.63) is 35.9 Å². The summed E-state index contributed by atoms with van der Waals surface area (Å²) in [7, 11) is 0. The van der Waals surface area contributed by atoms with Gasteiger partial charge in [-0.25, -0.2) is 0 Å². The normalized spacial score (nSPS) is 13.1. The van der Waals surface area contributed by atoms with E-state index in [2.05, 4.69) is 10.1 Å². The number of nitrogens with one attached hydrogen (secondary N) is 1. The molecule has 6 heteroatoms. The maximum atomic E-state index is 12.3. The highest BCUT2D eigenvalue weighted by Gasteiger charge is 2.11. The number of para-hydroxylation sites is 1. The van der Waals surface area contributed by atoms with E-state index in [1.54, 1.807) is 32.0 Å². The number of aliphatic hydroxyl groups is 1. The van der Waals surface area contributed by atoms with Gasteiger partial charge >= 0.3 is 6.61 Å². The van der Waals surface area contributed by atoms with E-state index in [-0.39, 0.29) is 24.2 Å². The number of hydrogen-bond donors (Lipinski definition) is 2. The molecule has 0 spiro atoms. The number of amides is 1. The first-order chi connectivity index (χ1) is 9.93. The fourth-order valence-electron chi connectivity index (χ4n) is 1.66. The fourth-order valence-corrected chi connectivity index (χ4v) is 1.66. The quantitative estimate of drug-likeness (QED) is 0.760.